The minimum atomic E-state index is -4.35. The molecule has 0 saturated carbocycles. The second-order valence-corrected chi connectivity index (χ2v) is 4.55. The van der Waals surface area contributed by atoms with Crippen molar-refractivity contribution in [3.63, 3.8) is 0 Å². The fraction of sp³-hybridized carbons (Fsp3) is 0.267. The molecular formula is C15H15F3N2O. The van der Waals surface area contributed by atoms with Gasteiger partial charge in [0.25, 0.3) is 0 Å². The minimum absolute atomic E-state index is 0.314. The molecule has 0 aliphatic rings. The van der Waals surface area contributed by atoms with E-state index in [9.17, 15) is 13.2 Å². The molecule has 112 valence electrons. The van der Waals surface area contributed by atoms with E-state index in [1.807, 2.05) is 0 Å². The maximum absolute atomic E-state index is 12.7. The van der Waals surface area contributed by atoms with Gasteiger partial charge in [-0.1, -0.05) is 12.1 Å². The van der Waals surface area contributed by atoms with Crippen molar-refractivity contribution in [2.45, 2.75) is 19.1 Å². The molecule has 0 saturated heterocycles. The van der Waals surface area contributed by atoms with Gasteiger partial charge in [0.15, 0.2) is 0 Å². The van der Waals surface area contributed by atoms with Crippen LogP contribution in [0.4, 0.5) is 18.9 Å². The largest absolute Gasteiger partial charge is 0.480 e. The Morgan fingerprint density at radius 2 is 1.95 bits per heavy atom. The lowest BCUT2D eigenvalue weighted by Crippen LogP contribution is -2.11. The van der Waals surface area contributed by atoms with E-state index < -0.39 is 11.7 Å². The van der Waals surface area contributed by atoms with E-state index in [0.29, 0.717) is 17.1 Å². The average molecular weight is 296 g/mol. The van der Waals surface area contributed by atoms with Crippen LogP contribution >= 0.6 is 0 Å². The molecule has 2 aromatic rings. The first-order valence-electron chi connectivity index (χ1n) is 6.34. The number of rotatable bonds is 4. The van der Waals surface area contributed by atoms with Gasteiger partial charge in [-0.15, -0.1) is 0 Å². The maximum atomic E-state index is 12.7. The number of nitrogens with zero attached hydrogens (tertiary/aromatic N) is 1. The zero-order valence-corrected chi connectivity index (χ0v) is 11.6. The Bertz CT molecular complexity index is 614. The number of alkyl halides is 3. The van der Waals surface area contributed by atoms with E-state index in [1.54, 1.807) is 31.3 Å². The Balaban J connectivity index is 2.22. The van der Waals surface area contributed by atoms with Crippen molar-refractivity contribution in [2.75, 3.05) is 12.4 Å². The molecule has 0 radical (unpaired) electrons. The van der Waals surface area contributed by atoms with Crippen LogP contribution in [0, 0.1) is 0 Å². The van der Waals surface area contributed by atoms with Gasteiger partial charge < -0.3 is 10.1 Å². The predicted molar refractivity (Wildman–Crippen MR) is 74.3 cm³/mol. The van der Waals surface area contributed by atoms with Crippen LogP contribution in [0.15, 0.2) is 42.6 Å². The summed E-state index contributed by atoms with van der Waals surface area (Å²) in [5, 5.41) is 3.10. The van der Waals surface area contributed by atoms with Crippen LogP contribution in [-0.4, -0.2) is 12.1 Å². The highest BCUT2D eigenvalue weighted by atomic mass is 19.4. The summed E-state index contributed by atoms with van der Waals surface area (Å²) < 4.78 is 43.3. The number of aromatic nitrogens is 1. The molecule has 0 amide bonds. The molecule has 1 N–H and O–H groups in total. The minimum Gasteiger partial charge on any atom is -0.480 e. The van der Waals surface area contributed by atoms with E-state index in [2.05, 4.69) is 10.3 Å². The monoisotopic (exact) mass is 296 g/mol. The van der Waals surface area contributed by atoms with Gasteiger partial charge in [0.05, 0.1) is 18.4 Å². The first kappa shape index (κ1) is 15.2. The number of methoxy groups -OCH3 is 1. The van der Waals surface area contributed by atoms with Gasteiger partial charge in [-0.25, -0.2) is 4.98 Å². The third-order valence-corrected chi connectivity index (χ3v) is 3.05. The molecule has 1 unspecified atom stereocenters. The van der Waals surface area contributed by atoms with E-state index in [0.717, 1.165) is 12.1 Å². The Hall–Kier alpha value is -2.24. The molecule has 1 atom stereocenters. The zero-order valence-electron chi connectivity index (χ0n) is 11.6. The lowest BCUT2D eigenvalue weighted by atomic mass is 10.0. The highest BCUT2D eigenvalue weighted by Crippen LogP contribution is 2.32. The summed E-state index contributed by atoms with van der Waals surface area (Å²) in [5.74, 6) is 0.399. The number of ether oxygens (including phenoxy) is 1. The standard InChI is InChI=1S/C15H15F3N2O/c1-10(20-13-7-4-8-19-14(13)21-2)11-5-3-6-12(9-11)15(16,17)18/h3-10,20H,1-2H3. The molecule has 1 aromatic carbocycles. The number of hydrogen-bond donors (Lipinski definition) is 1. The van der Waals surface area contributed by atoms with Crippen LogP contribution in [0.1, 0.15) is 24.1 Å². The van der Waals surface area contributed by atoms with E-state index in [1.165, 1.54) is 13.2 Å². The van der Waals surface area contributed by atoms with Crippen molar-refractivity contribution in [3.8, 4) is 5.88 Å². The van der Waals surface area contributed by atoms with Gasteiger partial charge in [-0.2, -0.15) is 13.2 Å². The van der Waals surface area contributed by atoms with E-state index >= 15 is 0 Å². The molecule has 21 heavy (non-hydrogen) atoms. The number of hydrogen-bond acceptors (Lipinski definition) is 3. The van der Waals surface area contributed by atoms with Gasteiger partial charge in [0.2, 0.25) is 5.88 Å². The van der Waals surface area contributed by atoms with Crippen molar-refractivity contribution in [3.05, 3.63) is 53.7 Å². The highest BCUT2D eigenvalue weighted by molar-refractivity contribution is 5.53. The molecule has 0 aliphatic carbocycles. The quantitative estimate of drug-likeness (QED) is 0.914. The summed E-state index contributed by atoms with van der Waals surface area (Å²) >= 11 is 0. The second kappa shape index (κ2) is 6.03. The molecule has 0 bridgehead atoms. The molecule has 2 rings (SSSR count). The number of nitrogens with one attached hydrogen (secondary N) is 1. The van der Waals surface area contributed by atoms with Gasteiger partial charge >= 0.3 is 6.18 Å². The predicted octanol–water partition coefficient (Wildman–Crippen LogP) is 4.28. The Kier molecular flexibility index (Phi) is 4.35. The summed E-state index contributed by atoms with van der Waals surface area (Å²) in [6, 6.07) is 8.42. The summed E-state index contributed by atoms with van der Waals surface area (Å²) in [7, 11) is 1.49. The van der Waals surface area contributed by atoms with E-state index in [4.69, 9.17) is 4.74 Å². The first-order chi connectivity index (χ1) is 9.91. The van der Waals surface area contributed by atoms with Crippen LogP contribution in [0.25, 0.3) is 0 Å². The van der Waals surface area contributed by atoms with Crippen LogP contribution in [-0.2, 0) is 6.18 Å². The SMILES string of the molecule is COc1ncccc1NC(C)c1cccc(C(F)(F)F)c1. The van der Waals surface area contributed by atoms with Crippen molar-refractivity contribution in [2.24, 2.45) is 0 Å². The number of anilines is 1. The number of halogens is 3. The van der Waals surface area contributed by atoms with Crippen molar-refractivity contribution in [1.29, 1.82) is 0 Å². The highest BCUT2D eigenvalue weighted by Gasteiger charge is 2.30. The first-order valence-corrected chi connectivity index (χ1v) is 6.34. The van der Waals surface area contributed by atoms with Crippen LogP contribution in [0.5, 0.6) is 5.88 Å². The molecule has 1 aromatic heterocycles. The number of pyridine rings is 1. The van der Waals surface area contributed by atoms with Gasteiger partial charge in [-0.05, 0) is 36.8 Å². The lowest BCUT2D eigenvalue weighted by molar-refractivity contribution is -0.137. The summed E-state index contributed by atoms with van der Waals surface area (Å²) in [4.78, 5) is 4.04. The molecule has 0 fully saturated rings. The summed E-state index contributed by atoms with van der Waals surface area (Å²) in [6.07, 6.45) is -2.76. The third kappa shape index (κ3) is 3.65. The third-order valence-electron chi connectivity index (χ3n) is 3.05. The van der Waals surface area contributed by atoms with Gasteiger partial charge in [0, 0.05) is 12.2 Å². The Labute approximate surface area is 120 Å². The summed E-state index contributed by atoms with van der Waals surface area (Å²) in [5.41, 5.74) is 0.507. The second-order valence-electron chi connectivity index (χ2n) is 4.55. The molecule has 6 heteroatoms. The van der Waals surface area contributed by atoms with Crippen LogP contribution in [0.2, 0.25) is 0 Å². The van der Waals surface area contributed by atoms with Crippen molar-refractivity contribution < 1.29 is 17.9 Å². The molecule has 3 nitrogen and oxygen atoms in total. The van der Waals surface area contributed by atoms with Gasteiger partial charge in [-0.3, -0.25) is 0 Å². The Morgan fingerprint density at radius 1 is 1.19 bits per heavy atom. The van der Waals surface area contributed by atoms with E-state index in [-0.39, 0.29) is 6.04 Å². The Morgan fingerprint density at radius 3 is 2.62 bits per heavy atom. The fourth-order valence-electron chi connectivity index (χ4n) is 1.96. The van der Waals surface area contributed by atoms with Crippen LogP contribution in [0.3, 0.4) is 0 Å². The molecule has 0 aliphatic heterocycles. The zero-order chi connectivity index (χ0) is 15.5. The average Bonchev–Trinajstić information content (AvgIpc) is 2.47. The lowest BCUT2D eigenvalue weighted by Gasteiger charge is -2.18. The van der Waals surface area contributed by atoms with Gasteiger partial charge in [0.1, 0.15) is 0 Å². The summed E-state index contributed by atoms with van der Waals surface area (Å²) in [6.45, 7) is 1.78. The van der Waals surface area contributed by atoms with Crippen molar-refractivity contribution in [1.82, 2.24) is 4.98 Å². The smallest absolute Gasteiger partial charge is 0.416 e. The van der Waals surface area contributed by atoms with Crippen LogP contribution < -0.4 is 10.1 Å². The molecular weight excluding hydrogens is 281 g/mol. The maximum Gasteiger partial charge on any atom is 0.416 e. The normalized spacial score (nSPS) is 12.8. The molecule has 1 heterocycles. The van der Waals surface area contributed by atoms with Crippen molar-refractivity contribution >= 4 is 5.69 Å². The number of benzene rings is 1. The topological polar surface area (TPSA) is 34.1 Å². The fourth-order valence-corrected chi connectivity index (χ4v) is 1.96. The molecule has 0 spiro atoms.